The molecule has 0 fully saturated rings. The fraction of sp³-hybridized carbons (Fsp3) is 0.678. The number of ether oxygens (including phenoxy) is 3. The first-order valence-corrected chi connectivity index (χ1v) is 26.7. The number of hydrogen-bond donors (Lipinski definition) is 0. The van der Waals surface area contributed by atoms with Gasteiger partial charge in [-0.2, -0.15) is 0 Å². The number of hydrogen-bond acceptors (Lipinski definition) is 6. The van der Waals surface area contributed by atoms with E-state index in [4.69, 9.17) is 14.2 Å². The molecule has 0 aliphatic heterocycles. The van der Waals surface area contributed by atoms with E-state index in [1.807, 2.05) is 0 Å². The maximum absolute atomic E-state index is 12.8. The van der Waals surface area contributed by atoms with Gasteiger partial charge in [0.15, 0.2) is 6.10 Å². The van der Waals surface area contributed by atoms with Gasteiger partial charge in [0.2, 0.25) is 0 Å². The topological polar surface area (TPSA) is 78.9 Å². The molecule has 0 aromatic heterocycles. The summed E-state index contributed by atoms with van der Waals surface area (Å²) in [6.07, 6.45) is 69.7. The van der Waals surface area contributed by atoms with E-state index in [-0.39, 0.29) is 44.0 Å². The molecule has 65 heavy (non-hydrogen) atoms. The SMILES string of the molecule is CCCCC/C=C\C/C=C\C/C=C\C/C=C\CCCC(=O)OCC(COC(=O)CCCCCCCCCCCCCCC)OC(=O)CCC/C=C\C/C=C\C/C=C\C/C=C\CCCCC. The lowest BCUT2D eigenvalue weighted by atomic mass is 10.0. The molecule has 0 amide bonds. The summed E-state index contributed by atoms with van der Waals surface area (Å²) in [5.41, 5.74) is 0. The van der Waals surface area contributed by atoms with Crippen LogP contribution in [-0.2, 0) is 28.6 Å². The second kappa shape index (κ2) is 52.9. The third-order valence-electron chi connectivity index (χ3n) is 11.1. The Kier molecular flexibility index (Phi) is 50.0. The highest BCUT2D eigenvalue weighted by molar-refractivity contribution is 5.71. The van der Waals surface area contributed by atoms with Gasteiger partial charge in [-0.05, 0) is 96.3 Å². The monoisotopic (exact) mass is 903 g/mol. The summed E-state index contributed by atoms with van der Waals surface area (Å²) in [6.45, 7) is 6.48. The van der Waals surface area contributed by atoms with E-state index >= 15 is 0 Å². The van der Waals surface area contributed by atoms with Crippen LogP contribution in [0.25, 0.3) is 0 Å². The zero-order valence-corrected chi connectivity index (χ0v) is 42.2. The van der Waals surface area contributed by atoms with Crippen molar-refractivity contribution in [2.45, 2.75) is 245 Å². The van der Waals surface area contributed by atoms with Crippen molar-refractivity contribution < 1.29 is 28.6 Å². The van der Waals surface area contributed by atoms with Gasteiger partial charge in [0.25, 0.3) is 0 Å². The predicted octanol–water partition coefficient (Wildman–Crippen LogP) is 17.8. The molecule has 0 bridgehead atoms. The van der Waals surface area contributed by atoms with Crippen LogP contribution in [0.1, 0.15) is 239 Å². The van der Waals surface area contributed by atoms with E-state index in [0.717, 1.165) is 70.6 Å². The Labute approximate surface area is 400 Å². The summed E-state index contributed by atoms with van der Waals surface area (Å²) < 4.78 is 16.7. The fourth-order valence-corrected chi connectivity index (χ4v) is 7.01. The van der Waals surface area contributed by atoms with Gasteiger partial charge in [0.05, 0.1) is 0 Å². The van der Waals surface area contributed by atoms with Crippen LogP contribution in [-0.4, -0.2) is 37.2 Å². The average Bonchev–Trinajstić information content (AvgIpc) is 3.30. The van der Waals surface area contributed by atoms with Crippen LogP contribution < -0.4 is 0 Å². The van der Waals surface area contributed by atoms with Crippen LogP contribution >= 0.6 is 0 Å². The first-order chi connectivity index (χ1) is 32.0. The minimum atomic E-state index is -0.827. The highest BCUT2D eigenvalue weighted by Gasteiger charge is 2.19. The number of unbranched alkanes of at least 4 members (excludes halogenated alkanes) is 20. The molecule has 0 saturated heterocycles. The molecule has 0 aromatic rings. The standard InChI is InChI=1S/C59H98O6/c1-4-7-10-13-16-19-22-25-27-29-31-34-37-40-43-46-49-52-58(61)64-55-56(54-63-57(60)51-48-45-42-39-36-33-24-21-18-15-12-9-6-3)65-59(62)53-50-47-44-41-38-35-32-30-28-26-23-20-17-14-11-8-5-2/h16-17,19-20,25-28,31-32,34-35,40-41,43-44,56H,4-15,18,21-24,29-30,33,36-39,42,45-55H2,1-3H3/b19-16-,20-17-,27-25-,28-26-,34-31-,35-32-,43-40-,44-41-. The van der Waals surface area contributed by atoms with Gasteiger partial charge in [0.1, 0.15) is 13.2 Å². The summed E-state index contributed by atoms with van der Waals surface area (Å²) in [4.78, 5) is 38.0. The third-order valence-corrected chi connectivity index (χ3v) is 11.1. The molecule has 0 N–H and O–H groups in total. The quantitative estimate of drug-likeness (QED) is 0.0262. The van der Waals surface area contributed by atoms with E-state index in [0.29, 0.717) is 19.3 Å². The molecule has 0 spiro atoms. The van der Waals surface area contributed by atoms with Crippen molar-refractivity contribution in [2.75, 3.05) is 13.2 Å². The van der Waals surface area contributed by atoms with E-state index < -0.39 is 6.10 Å². The molecule has 0 saturated carbocycles. The van der Waals surface area contributed by atoms with E-state index in [9.17, 15) is 14.4 Å². The Morgan fingerprint density at radius 2 is 0.569 bits per heavy atom. The van der Waals surface area contributed by atoms with Crippen LogP contribution in [0.15, 0.2) is 97.2 Å². The molecule has 1 atom stereocenters. The molecular formula is C59H98O6. The average molecular weight is 903 g/mol. The van der Waals surface area contributed by atoms with Gasteiger partial charge in [-0.15, -0.1) is 0 Å². The van der Waals surface area contributed by atoms with Gasteiger partial charge in [0, 0.05) is 19.3 Å². The van der Waals surface area contributed by atoms with Crippen molar-refractivity contribution in [1.82, 2.24) is 0 Å². The maximum Gasteiger partial charge on any atom is 0.306 e. The van der Waals surface area contributed by atoms with Gasteiger partial charge in [-0.25, -0.2) is 0 Å². The van der Waals surface area contributed by atoms with E-state index in [2.05, 4.69) is 118 Å². The minimum absolute atomic E-state index is 0.115. The number of carbonyl (C=O) groups is 3. The molecule has 0 aliphatic rings. The Hall–Kier alpha value is -3.67. The molecule has 0 aliphatic carbocycles. The molecule has 0 rings (SSSR count). The largest absolute Gasteiger partial charge is 0.462 e. The lowest BCUT2D eigenvalue weighted by Gasteiger charge is -2.18. The van der Waals surface area contributed by atoms with Gasteiger partial charge in [-0.1, -0.05) is 221 Å². The van der Waals surface area contributed by atoms with Crippen molar-refractivity contribution >= 4 is 17.9 Å². The van der Waals surface area contributed by atoms with Crippen LogP contribution in [0, 0.1) is 0 Å². The van der Waals surface area contributed by atoms with Crippen LogP contribution in [0.2, 0.25) is 0 Å². The lowest BCUT2D eigenvalue weighted by Crippen LogP contribution is -2.30. The minimum Gasteiger partial charge on any atom is -0.462 e. The van der Waals surface area contributed by atoms with E-state index in [1.54, 1.807) is 0 Å². The molecule has 1 unspecified atom stereocenters. The highest BCUT2D eigenvalue weighted by Crippen LogP contribution is 2.14. The predicted molar refractivity (Wildman–Crippen MR) is 279 cm³/mol. The molecule has 6 heteroatoms. The van der Waals surface area contributed by atoms with Crippen molar-refractivity contribution in [1.29, 1.82) is 0 Å². The summed E-state index contributed by atoms with van der Waals surface area (Å²) in [7, 11) is 0. The zero-order chi connectivity index (χ0) is 47.2. The van der Waals surface area contributed by atoms with Crippen LogP contribution in [0.5, 0.6) is 0 Å². The number of allylic oxidation sites excluding steroid dienone is 16. The van der Waals surface area contributed by atoms with Gasteiger partial charge >= 0.3 is 17.9 Å². The Morgan fingerprint density at radius 1 is 0.308 bits per heavy atom. The third kappa shape index (κ3) is 51.2. The second-order valence-corrected chi connectivity index (χ2v) is 17.4. The van der Waals surface area contributed by atoms with Gasteiger partial charge < -0.3 is 14.2 Å². The van der Waals surface area contributed by atoms with Gasteiger partial charge in [-0.3, -0.25) is 14.4 Å². The Bertz CT molecular complexity index is 1310. The lowest BCUT2D eigenvalue weighted by molar-refractivity contribution is -0.167. The summed E-state index contributed by atoms with van der Waals surface area (Å²) in [5.74, 6) is -1.03. The first-order valence-electron chi connectivity index (χ1n) is 26.7. The second-order valence-electron chi connectivity index (χ2n) is 17.4. The maximum atomic E-state index is 12.8. The summed E-state index contributed by atoms with van der Waals surface area (Å²) in [6, 6.07) is 0. The number of carbonyl (C=O) groups excluding carboxylic acids is 3. The van der Waals surface area contributed by atoms with Crippen molar-refractivity contribution in [3.8, 4) is 0 Å². The van der Waals surface area contributed by atoms with Crippen LogP contribution in [0.4, 0.5) is 0 Å². The van der Waals surface area contributed by atoms with Crippen molar-refractivity contribution in [2.24, 2.45) is 0 Å². The van der Waals surface area contributed by atoms with Crippen LogP contribution in [0.3, 0.4) is 0 Å². The zero-order valence-electron chi connectivity index (χ0n) is 42.2. The number of rotatable bonds is 47. The smallest absolute Gasteiger partial charge is 0.306 e. The Balaban J connectivity index is 4.57. The summed E-state index contributed by atoms with van der Waals surface area (Å²) in [5, 5.41) is 0. The first kappa shape index (κ1) is 61.3. The molecule has 0 aromatic carbocycles. The van der Waals surface area contributed by atoms with Crippen molar-refractivity contribution in [3.63, 3.8) is 0 Å². The highest BCUT2D eigenvalue weighted by atomic mass is 16.6. The molecule has 0 heterocycles. The molecule has 0 radical (unpaired) electrons. The molecular weight excluding hydrogens is 805 g/mol. The fourth-order valence-electron chi connectivity index (χ4n) is 7.01. The molecule has 370 valence electrons. The summed E-state index contributed by atoms with van der Waals surface area (Å²) >= 11 is 0. The van der Waals surface area contributed by atoms with Crippen molar-refractivity contribution in [3.05, 3.63) is 97.2 Å². The molecule has 6 nitrogen and oxygen atoms in total. The Morgan fingerprint density at radius 3 is 0.923 bits per heavy atom. The normalized spacial score (nSPS) is 12.8. The number of esters is 3. The van der Waals surface area contributed by atoms with E-state index in [1.165, 1.54) is 116 Å².